The second-order valence-corrected chi connectivity index (χ2v) is 8.24. The van der Waals surface area contributed by atoms with Crippen LogP contribution in [0.4, 0.5) is 11.6 Å². The molecule has 3 aromatic rings. The fraction of sp³-hybridized carbons (Fsp3) is 0.292. The minimum Gasteiger partial charge on any atom is -0.368 e. The summed E-state index contributed by atoms with van der Waals surface area (Å²) < 4.78 is 0. The van der Waals surface area contributed by atoms with E-state index in [-0.39, 0.29) is 17.8 Å². The molecule has 0 bridgehead atoms. The van der Waals surface area contributed by atoms with E-state index in [4.69, 9.17) is 17.3 Å². The highest BCUT2D eigenvalue weighted by Crippen LogP contribution is 2.30. The first-order valence-electron chi connectivity index (χ1n) is 10.3. The van der Waals surface area contributed by atoms with Gasteiger partial charge in [-0.25, -0.2) is 9.97 Å². The summed E-state index contributed by atoms with van der Waals surface area (Å²) in [6.45, 7) is 1.98. The van der Waals surface area contributed by atoms with Gasteiger partial charge in [0.05, 0.1) is 5.69 Å². The number of carbonyl (C=O) groups is 1. The minimum atomic E-state index is 0.134. The van der Waals surface area contributed by atoms with Gasteiger partial charge in [-0.15, -0.1) is 0 Å². The van der Waals surface area contributed by atoms with Crippen LogP contribution in [0, 0.1) is 12.8 Å². The Morgan fingerprint density at radius 2 is 1.90 bits per heavy atom. The van der Waals surface area contributed by atoms with Crippen LogP contribution in [0.15, 0.2) is 48.5 Å². The first-order valence-corrected chi connectivity index (χ1v) is 10.7. The molecule has 0 aliphatic heterocycles. The first-order chi connectivity index (χ1) is 14.5. The van der Waals surface area contributed by atoms with Crippen LogP contribution >= 0.6 is 11.6 Å². The number of nitrogens with one attached hydrogen (secondary N) is 1. The summed E-state index contributed by atoms with van der Waals surface area (Å²) in [5.41, 5.74) is 11.7. The normalized spacial score (nSPS) is 13.3. The zero-order valence-electron chi connectivity index (χ0n) is 17.0. The summed E-state index contributed by atoms with van der Waals surface area (Å²) in [5.74, 6) is 0.623. The highest BCUT2D eigenvalue weighted by atomic mass is 35.5. The molecule has 0 radical (unpaired) electrons. The zero-order chi connectivity index (χ0) is 21.1. The Morgan fingerprint density at radius 1 is 1.13 bits per heavy atom. The minimum absolute atomic E-state index is 0.134. The molecule has 4 rings (SSSR count). The van der Waals surface area contributed by atoms with Gasteiger partial charge in [0.1, 0.15) is 0 Å². The number of halogens is 1. The van der Waals surface area contributed by atoms with E-state index in [2.05, 4.69) is 27.4 Å². The van der Waals surface area contributed by atoms with Gasteiger partial charge in [0.15, 0.2) is 0 Å². The number of benzene rings is 2. The summed E-state index contributed by atoms with van der Waals surface area (Å²) in [6, 6.07) is 15.8. The molecule has 1 saturated carbocycles. The summed E-state index contributed by atoms with van der Waals surface area (Å²) in [5, 5.41) is 3.68. The molecule has 0 atom stereocenters. The van der Waals surface area contributed by atoms with Gasteiger partial charge in [-0.05, 0) is 74.4 Å². The third-order valence-corrected chi connectivity index (χ3v) is 5.82. The van der Waals surface area contributed by atoms with Crippen LogP contribution in [0.2, 0.25) is 5.02 Å². The van der Waals surface area contributed by atoms with Gasteiger partial charge in [0, 0.05) is 27.9 Å². The highest BCUT2D eigenvalue weighted by Gasteiger charge is 2.29. The van der Waals surface area contributed by atoms with E-state index in [0.29, 0.717) is 5.02 Å². The molecule has 30 heavy (non-hydrogen) atoms. The highest BCUT2D eigenvalue weighted by molar-refractivity contribution is 6.31. The van der Waals surface area contributed by atoms with Crippen molar-refractivity contribution in [2.45, 2.75) is 39.0 Å². The molecule has 1 aliphatic rings. The van der Waals surface area contributed by atoms with Gasteiger partial charge in [-0.2, -0.15) is 0 Å². The molecule has 1 aromatic heterocycles. The number of rotatable bonds is 7. The van der Waals surface area contributed by atoms with Gasteiger partial charge in [0.2, 0.25) is 11.9 Å². The molecule has 3 N–H and O–H groups in total. The van der Waals surface area contributed by atoms with Crippen LogP contribution in [-0.2, 0) is 17.6 Å². The molecule has 154 valence electrons. The third-order valence-electron chi connectivity index (χ3n) is 5.41. The van der Waals surface area contributed by atoms with Crippen LogP contribution in [0.3, 0.4) is 0 Å². The van der Waals surface area contributed by atoms with E-state index in [1.807, 2.05) is 43.3 Å². The van der Waals surface area contributed by atoms with Crippen LogP contribution in [0.5, 0.6) is 0 Å². The molecule has 5 nitrogen and oxygen atoms in total. The molecule has 0 saturated heterocycles. The van der Waals surface area contributed by atoms with Crippen molar-refractivity contribution in [3.8, 4) is 11.3 Å². The van der Waals surface area contributed by atoms with Gasteiger partial charge < -0.3 is 11.1 Å². The maximum absolute atomic E-state index is 11.8. The van der Waals surface area contributed by atoms with E-state index in [1.54, 1.807) is 0 Å². The summed E-state index contributed by atoms with van der Waals surface area (Å²) in [6.07, 6.45) is 4.69. The van der Waals surface area contributed by atoms with Crippen molar-refractivity contribution in [1.29, 1.82) is 0 Å². The number of carbonyl (C=O) groups excluding carboxylic acids is 1. The second-order valence-electron chi connectivity index (χ2n) is 7.83. The fourth-order valence-electron chi connectivity index (χ4n) is 3.49. The van der Waals surface area contributed by atoms with Gasteiger partial charge in [0.25, 0.3) is 0 Å². The Labute approximate surface area is 181 Å². The van der Waals surface area contributed by atoms with Crippen LogP contribution in [0.1, 0.15) is 36.1 Å². The maximum atomic E-state index is 11.8. The fourth-order valence-corrected chi connectivity index (χ4v) is 3.66. The molecular weight excluding hydrogens is 396 g/mol. The second kappa shape index (κ2) is 8.84. The molecule has 2 aromatic carbocycles. The number of hydrogen-bond donors (Lipinski definition) is 2. The average molecular weight is 421 g/mol. The van der Waals surface area contributed by atoms with Crippen molar-refractivity contribution in [1.82, 2.24) is 9.97 Å². The molecule has 0 spiro atoms. The zero-order valence-corrected chi connectivity index (χ0v) is 17.7. The van der Waals surface area contributed by atoms with Crippen molar-refractivity contribution >= 4 is 29.1 Å². The number of amides is 1. The molecule has 1 amide bonds. The van der Waals surface area contributed by atoms with Gasteiger partial charge in [-0.1, -0.05) is 35.9 Å². The van der Waals surface area contributed by atoms with Gasteiger partial charge >= 0.3 is 0 Å². The van der Waals surface area contributed by atoms with Crippen molar-refractivity contribution in [3.63, 3.8) is 0 Å². The van der Waals surface area contributed by atoms with Gasteiger partial charge in [-0.3, -0.25) is 4.79 Å². The number of aromatic nitrogens is 2. The Bertz CT molecular complexity index is 1060. The Balaban J connectivity index is 1.37. The van der Waals surface area contributed by atoms with Crippen molar-refractivity contribution in [2.24, 2.45) is 5.92 Å². The monoisotopic (exact) mass is 420 g/mol. The summed E-state index contributed by atoms with van der Waals surface area (Å²) in [7, 11) is 0. The molecule has 6 heteroatoms. The topological polar surface area (TPSA) is 80.9 Å². The molecule has 0 unspecified atom stereocenters. The van der Waals surface area contributed by atoms with E-state index < -0.39 is 0 Å². The predicted octanol–water partition coefficient (Wildman–Crippen LogP) is 5.21. The van der Waals surface area contributed by atoms with Crippen molar-refractivity contribution in [3.05, 3.63) is 70.4 Å². The van der Waals surface area contributed by atoms with Crippen LogP contribution < -0.4 is 11.1 Å². The lowest BCUT2D eigenvalue weighted by Gasteiger charge is -2.10. The third kappa shape index (κ3) is 4.97. The molecular formula is C24H25ClN4O. The Morgan fingerprint density at radius 3 is 2.63 bits per heavy atom. The number of hydrogen-bond acceptors (Lipinski definition) is 4. The molecule has 1 heterocycles. The van der Waals surface area contributed by atoms with E-state index in [0.717, 1.165) is 60.3 Å². The lowest BCUT2D eigenvalue weighted by Crippen LogP contribution is -2.13. The Hall–Kier alpha value is -2.92. The van der Waals surface area contributed by atoms with E-state index in [9.17, 15) is 4.79 Å². The lowest BCUT2D eigenvalue weighted by molar-refractivity contribution is -0.117. The summed E-state index contributed by atoms with van der Waals surface area (Å²) >= 11 is 6.25. The number of aryl methyl sites for hydroxylation is 2. The SMILES string of the molecule is Cc1c(Cl)cccc1-c1cc(CCCc2ccc(NC(=O)C3CC3)cc2)nc(N)n1. The van der Waals surface area contributed by atoms with E-state index >= 15 is 0 Å². The largest absolute Gasteiger partial charge is 0.368 e. The van der Waals surface area contributed by atoms with Crippen LogP contribution in [-0.4, -0.2) is 15.9 Å². The summed E-state index contributed by atoms with van der Waals surface area (Å²) in [4.78, 5) is 20.6. The van der Waals surface area contributed by atoms with Crippen molar-refractivity contribution in [2.75, 3.05) is 11.1 Å². The quantitative estimate of drug-likeness (QED) is 0.549. The Kier molecular flexibility index (Phi) is 6.00. The predicted molar refractivity (Wildman–Crippen MR) is 121 cm³/mol. The van der Waals surface area contributed by atoms with E-state index in [1.165, 1.54) is 5.56 Å². The number of nitrogens with two attached hydrogens (primary N) is 1. The average Bonchev–Trinajstić information content (AvgIpc) is 3.56. The standard InChI is InChI=1S/C24H25ClN4O/c1-15-20(6-3-7-21(15)25)22-14-19(28-24(26)29-22)5-2-4-16-8-12-18(13-9-16)27-23(30)17-10-11-17/h3,6-9,12-14,17H,2,4-5,10-11H2,1H3,(H,27,30)(H2,26,28,29). The smallest absolute Gasteiger partial charge is 0.227 e. The molecule has 1 aliphatic carbocycles. The lowest BCUT2D eigenvalue weighted by atomic mass is 10.0. The van der Waals surface area contributed by atoms with Crippen LogP contribution in [0.25, 0.3) is 11.3 Å². The first kappa shape index (κ1) is 20.4. The number of nitrogens with zero attached hydrogens (tertiary/aromatic N) is 2. The number of nitrogen functional groups attached to an aromatic ring is 1. The maximum Gasteiger partial charge on any atom is 0.227 e. The molecule has 1 fully saturated rings. The van der Waals surface area contributed by atoms with Crippen molar-refractivity contribution < 1.29 is 4.79 Å². The number of anilines is 2.